The number of terminal acetylenes is 1. The lowest BCUT2D eigenvalue weighted by Gasteiger charge is -2.28. The third-order valence-corrected chi connectivity index (χ3v) is 3.48. The summed E-state index contributed by atoms with van der Waals surface area (Å²) in [6.45, 7) is 2.42. The van der Waals surface area contributed by atoms with Crippen LogP contribution in [0.4, 0.5) is 0 Å². The van der Waals surface area contributed by atoms with Gasteiger partial charge in [0.05, 0.1) is 0 Å². The zero-order valence-electron chi connectivity index (χ0n) is 10.1. The lowest BCUT2D eigenvalue weighted by Crippen LogP contribution is -2.48. The van der Waals surface area contributed by atoms with Gasteiger partial charge in [0.15, 0.2) is 0 Å². The molecule has 1 aliphatic carbocycles. The van der Waals surface area contributed by atoms with Crippen molar-refractivity contribution in [2.45, 2.75) is 44.7 Å². The number of hydrogen-bond donors (Lipinski definition) is 1. The van der Waals surface area contributed by atoms with Crippen molar-refractivity contribution in [3.8, 4) is 12.3 Å². The van der Waals surface area contributed by atoms with Gasteiger partial charge < -0.3 is 10.2 Å². The number of rotatable bonds is 3. The van der Waals surface area contributed by atoms with E-state index in [-0.39, 0.29) is 23.9 Å². The van der Waals surface area contributed by atoms with Gasteiger partial charge in [0.25, 0.3) is 0 Å². The summed E-state index contributed by atoms with van der Waals surface area (Å²) < 4.78 is 0. The molecule has 0 radical (unpaired) electrons. The molecule has 0 aromatic rings. The average molecular weight is 234 g/mol. The third-order valence-electron chi connectivity index (χ3n) is 3.48. The van der Waals surface area contributed by atoms with Crippen molar-refractivity contribution in [2.75, 3.05) is 6.54 Å². The Morgan fingerprint density at radius 1 is 1.53 bits per heavy atom. The van der Waals surface area contributed by atoms with E-state index in [1.807, 2.05) is 6.92 Å². The van der Waals surface area contributed by atoms with Gasteiger partial charge in [0.1, 0.15) is 6.04 Å². The summed E-state index contributed by atoms with van der Waals surface area (Å²) in [6, 6.07) is -0.299. The van der Waals surface area contributed by atoms with Gasteiger partial charge in [-0.2, -0.15) is 0 Å². The minimum absolute atomic E-state index is 0.0152. The molecule has 0 aromatic carbocycles. The molecule has 92 valence electrons. The second-order valence-electron chi connectivity index (χ2n) is 4.92. The molecule has 1 aliphatic heterocycles. The van der Waals surface area contributed by atoms with Gasteiger partial charge in [-0.3, -0.25) is 9.59 Å². The number of carbonyl (C=O) groups excluding carboxylic acids is 2. The molecule has 0 bridgehead atoms. The van der Waals surface area contributed by atoms with Crippen molar-refractivity contribution in [1.29, 1.82) is 0 Å². The first-order valence-corrected chi connectivity index (χ1v) is 6.16. The molecule has 4 heteroatoms. The zero-order valence-corrected chi connectivity index (χ0v) is 10.1. The van der Waals surface area contributed by atoms with E-state index in [9.17, 15) is 9.59 Å². The number of nitrogens with zero attached hydrogens (tertiary/aromatic N) is 1. The second kappa shape index (κ2) is 4.79. The lowest BCUT2D eigenvalue weighted by atomic mass is 10.1. The van der Waals surface area contributed by atoms with Gasteiger partial charge in [0.2, 0.25) is 11.8 Å². The fourth-order valence-electron chi connectivity index (χ4n) is 2.29. The largest absolute Gasteiger partial charge is 0.344 e. The Balaban J connectivity index is 2.12. The molecule has 2 atom stereocenters. The maximum Gasteiger partial charge on any atom is 0.245 e. The predicted octanol–water partition coefficient (Wildman–Crippen LogP) is 0.525. The van der Waals surface area contributed by atoms with Gasteiger partial charge in [-0.25, -0.2) is 0 Å². The van der Waals surface area contributed by atoms with Crippen LogP contribution in [0.1, 0.15) is 32.6 Å². The van der Waals surface area contributed by atoms with Gasteiger partial charge >= 0.3 is 0 Å². The second-order valence-corrected chi connectivity index (χ2v) is 4.92. The van der Waals surface area contributed by atoms with Crippen molar-refractivity contribution < 1.29 is 9.59 Å². The molecule has 4 nitrogen and oxygen atoms in total. The molecule has 17 heavy (non-hydrogen) atoms. The molecular weight excluding hydrogens is 216 g/mol. The summed E-state index contributed by atoms with van der Waals surface area (Å²) in [5.41, 5.74) is 0. The van der Waals surface area contributed by atoms with Crippen LogP contribution in [-0.4, -0.2) is 35.3 Å². The molecule has 1 heterocycles. The van der Waals surface area contributed by atoms with E-state index in [4.69, 9.17) is 6.42 Å². The van der Waals surface area contributed by atoms with Gasteiger partial charge in [-0.15, -0.1) is 12.3 Å². The molecule has 1 N–H and O–H groups in total. The summed E-state index contributed by atoms with van der Waals surface area (Å²) in [6.07, 6.45) is 8.27. The molecule has 0 aromatic heterocycles. The van der Waals surface area contributed by atoms with Gasteiger partial charge in [-0.05, 0) is 25.7 Å². The number of carbonyl (C=O) groups is 2. The molecule has 2 rings (SSSR count). The summed E-state index contributed by atoms with van der Waals surface area (Å²) in [7, 11) is 0. The highest BCUT2D eigenvalue weighted by atomic mass is 16.2. The lowest BCUT2D eigenvalue weighted by molar-refractivity contribution is -0.135. The molecule has 1 saturated carbocycles. The minimum Gasteiger partial charge on any atom is -0.344 e. The summed E-state index contributed by atoms with van der Waals surface area (Å²) in [4.78, 5) is 25.7. The van der Waals surface area contributed by atoms with Crippen molar-refractivity contribution >= 4 is 11.8 Å². The quantitative estimate of drug-likeness (QED) is 0.724. The van der Waals surface area contributed by atoms with Crippen LogP contribution in [0.15, 0.2) is 0 Å². The Bertz CT molecular complexity index is 368. The predicted molar refractivity (Wildman–Crippen MR) is 63.9 cm³/mol. The number of hydrogen-bond acceptors (Lipinski definition) is 2. The molecule has 1 saturated heterocycles. The van der Waals surface area contributed by atoms with Crippen molar-refractivity contribution in [3.63, 3.8) is 0 Å². The molecule has 2 fully saturated rings. The smallest absolute Gasteiger partial charge is 0.245 e. The van der Waals surface area contributed by atoms with E-state index in [2.05, 4.69) is 11.2 Å². The van der Waals surface area contributed by atoms with E-state index >= 15 is 0 Å². The zero-order chi connectivity index (χ0) is 12.4. The van der Waals surface area contributed by atoms with Crippen molar-refractivity contribution in [3.05, 3.63) is 0 Å². The van der Waals surface area contributed by atoms with E-state index < -0.39 is 0 Å². The maximum atomic E-state index is 12.3. The summed E-state index contributed by atoms with van der Waals surface area (Å²) >= 11 is 0. The fourth-order valence-corrected chi connectivity index (χ4v) is 2.29. The van der Waals surface area contributed by atoms with E-state index in [1.54, 1.807) is 4.90 Å². The normalized spacial score (nSPS) is 27.1. The Morgan fingerprint density at radius 3 is 2.82 bits per heavy atom. The van der Waals surface area contributed by atoms with Crippen LogP contribution in [0.25, 0.3) is 0 Å². The standard InChI is InChI=1S/C13H18N2O2/c1-3-4-9(2)15-8-7-11(16)14-12(13(15)17)10-5-6-10/h1,9-10,12H,4-8H2,2H3,(H,14,16). The van der Waals surface area contributed by atoms with Crippen LogP contribution >= 0.6 is 0 Å². The highest BCUT2D eigenvalue weighted by molar-refractivity contribution is 5.90. The van der Waals surface area contributed by atoms with Crippen LogP contribution in [-0.2, 0) is 9.59 Å². The summed E-state index contributed by atoms with van der Waals surface area (Å²) in [5, 5.41) is 2.84. The highest BCUT2D eigenvalue weighted by Crippen LogP contribution is 2.34. The molecule has 2 unspecified atom stereocenters. The number of nitrogens with one attached hydrogen (secondary N) is 1. The van der Waals surface area contributed by atoms with Gasteiger partial charge in [-0.1, -0.05) is 0 Å². The fraction of sp³-hybridized carbons (Fsp3) is 0.692. The molecule has 0 spiro atoms. The highest BCUT2D eigenvalue weighted by Gasteiger charge is 2.41. The van der Waals surface area contributed by atoms with Gasteiger partial charge in [0, 0.05) is 25.4 Å². The maximum absolute atomic E-state index is 12.3. The first-order chi connectivity index (χ1) is 8.13. The first-order valence-electron chi connectivity index (χ1n) is 6.16. The topological polar surface area (TPSA) is 49.4 Å². The van der Waals surface area contributed by atoms with E-state index in [0.29, 0.717) is 25.3 Å². The van der Waals surface area contributed by atoms with Crippen molar-refractivity contribution in [2.24, 2.45) is 5.92 Å². The number of amides is 2. The molecule has 2 amide bonds. The summed E-state index contributed by atoms with van der Waals surface area (Å²) in [5.74, 6) is 2.94. The SMILES string of the molecule is C#CCC(C)N1CCC(=O)NC(C2CC2)C1=O. The monoisotopic (exact) mass is 234 g/mol. The molecule has 2 aliphatic rings. The van der Waals surface area contributed by atoms with Crippen LogP contribution < -0.4 is 5.32 Å². The van der Waals surface area contributed by atoms with Crippen LogP contribution in [0.2, 0.25) is 0 Å². The molecular formula is C13H18N2O2. The van der Waals surface area contributed by atoms with Crippen LogP contribution in [0, 0.1) is 18.3 Å². The Kier molecular flexibility index (Phi) is 3.37. The van der Waals surface area contributed by atoms with E-state index in [1.165, 1.54) is 0 Å². The van der Waals surface area contributed by atoms with E-state index in [0.717, 1.165) is 12.8 Å². The Labute approximate surface area is 102 Å². The van der Waals surface area contributed by atoms with Crippen molar-refractivity contribution in [1.82, 2.24) is 10.2 Å². The third kappa shape index (κ3) is 2.60. The Hall–Kier alpha value is -1.50. The van der Waals surface area contributed by atoms with Crippen LogP contribution in [0.3, 0.4) is 0 Å². The minimum atomic E-state index is -0.315. The van der Waals surface area contributed by atoms with Crippen LogP contribution in [0.5, 0.6) is 0 Å². The Morgan fingerprint density at radius 2 is 2.24 bits per heavy atom. The first kappa shape index (κ1) is 12.0. The average Bonchev–Trinajstić information content (AvgIpc) is 3.09.